The number of aromatic nitrogens is 1. The van der Waals surface area contributed by atoms with Crippen molar-refractivity contribution in [1.82, 2.24) is 9.47 Å². The smallest absolute Gasteiger partial charge is 0.248 e. The van der Waals surface area contributed by atoms with Crippen LogP contribution in [0.25, 0.3) is 17.0 Å². The molecule has 1 aliphatic rings. The fourth-order valence-electron chi connectivity index (χ4n) is 3.75. The fraction of sp³-hybridized carbons (Fsp3) is 0.250. The van der Waals surface area contributed by atoms with Crippen LogP contribution in [0.2, 0.25) is 0 Å². The summed E-state index contributed by atoms with van der Waals surface area (Å²) in [6, 6.07) is 12.1. The summed E-state index contributed by atoms with van der Waals surface area (Å²) in [6.45, 7) is 1.53. The molecule has 1 aromatic heterocycles. The second-order valence-corrected chi connectivity index (χ2v) is 7.97. The van der Waals surface area contributed by atoms with Crippen LogP contribution in [0.15, 0.2) is 48.5 Å². The molecule has 2 N–H and O–H groups in total. The van der Waals surface area contributed by atoms with Crippen LogP contribution in [0.3, 0.4) is 0 Å². The van der Waals surface area contributed by atoms with Gasteiger partial charge in [0.05, 0.1) is 0 Å². The topological polar surface area (TPSA) is 66.4 Å². The van der Waals surface area contributed by atoms with Crippen molar-refractivity contribution in [3.05, 3.63) is 65.6 Å². The van der Waals surface area contributed by atoms with Crippen LogP contribution >= 0.6 is 0 Å². The Hall–Kier alpha value is -3.45. The maximum absolute atomic E-state index is 13.7. The van der Waals surface area contributed by atoms with Gasteiger partial charge < -0.3 is 20.1 Å². The molecule has 0 spiro atoms. The lowest BCUT2D eigenvalue weighted by Crippen LogP contribution is -2.19. The molecule has 0 unspecified atom stereocenters. The number of halogens is 1. The van der Waals surface area contributed by atoms with Crippen LogP contribution in [0.5, 0.6) is 0 Å². The minimum absolute atomic E-state index is 0.0159. The zero-order valence-corrected chi connectivity index (χ0v) is 17.6. The van der Waals surface area contributed by atoms with Crippen molar-refractivity contribution in [2.24, 2.45) is 0 Å². The number of rotatable bonds is 6. The van der Waals surface area contributed by atoms with Crippen LogP contribution in [0.4, 0.5) is 15.8 Å². The number of nitrogens with zero attached hydrogens (tertiary/aromatic N) is 2. The molecule has 0 atom stereocenters. The standard InChI is InChI=1S/C24H25FN4O2/c1-28(2)11-12-29-20(14-17-13-18(25)5-8-22(17)29)7-10-23(30)26-19-6-3-16-4-9-24(31)27-21(16)15-19/h3,5-8,10,13-15H,4,9,11-12H2,1-2H3,(H,26,30)(H,27,31)/b10-7+. The Balaban J connectivity index is 1.53. The molecule has 2 heterocycles. The number of hydrogen-bond donors (Lipinski definition) is 2. The molecule has 0 aliphatic carbocycles. The molecule has 7 heteroatoms. The van der Waals surface area contributed by atoms with Crippen molar-refractivity contribution in [3.8, 4) is 0 Å². The molecule has 0 saturated heterocycles. The van der Waals surface area contributed by atoms with Gasteiger partial charge in [0.1, 0.15) is 5.82 Å². The number of nitrogens with one attached hydrogen (secondary N) is 2. The number of hydrogen-bond acceptors (Lipinski definition) is 3. The molecule has 0 bridgehead atoms. The van der Waals surface area contributed by atoms with Crippen molar-refractivity contribution in [3.63, 3.8) is 0 Å². The Morgan fingerprint density at radius 1 is 1.19 bits per heavy atom. The second-order valence-electron chi connectivity index (χ2n) is 7.97. The highest BCUT2D eigenvalue weighted by atomic mass is 19.1. The quantitative estimate of drug-likeness (QED) is 0.595. The highest BCUT2D eigenvalue weighted by molar-refractivity contribution is 6.03. The number of carbonyl (C=O) groups excluding carboxylic acids is 2. The first-order chi connectivity index (χ1) is 14.9. The normalized spacial score (nSPS) is 13.6. The van der Waals surface area contributed by atoms with E-state index < -0.39 is 0 Å². The summed E-state index contributed by atoms with van der Waals surface area (Å²) in [5, 5.41) is 6.47. The SMILES string of the molecule is CN(C)CCn1c(/C=C/C(=O)Nc2ccc3c(c2)NC(=O)CC3)cc2cc(F)ccc21. The maximum atomic E-state index is 13.7. The molecule has 31 heavy (non-hydrogen) atoms. The van der Waals surface area contributed by atoms with E-state index in [4.69, 9.17) is 0 Å². The van der Waals surface area contributed by atoms with Crippen molar-refractivity contribution in [2.75, 3.05) is 31.3 Å². The van der Waals surface area contributed by atoms with Crippen molar-refractivity contribution in [1.29, 1.82) is 0 Å². The van der Waals surface area contributed by atoms with Crippen molar-refractivity contribution < 1.29 is 14.0 Å². The molecular weight excluding hydrogens is 395 g/mol. The van der Waals surface area contributed by atoms with E-state index in [2.05, 4.69) is 20.1 Å². The van der Waals surface area contributed by atoms with Gasteiger partial charge in [0.15, 0.2) is 0 Å². The summed E-state index contributed by atoms with van der Waals surface area (Å²) >= 11 is 0. The molecular formula is C24H25FN4O2. The van der Waals surface area contributed by atoms with Crippen molar-refractivity contribution in [2.45, 2.75) is 19.4 Å². The Morgan fingerprint density at radius 2 is 2.03 bits per heavy atom. The van der Waals surface area contributed by atoms with E-state index in [1.807, 2.05) is 32.3 Å². The molecule has 6 nitrogen and oxygen atoms in total. The van der Waals surface area contributed by atoms with Crippen LogP contribution in [-0.4, -0.2) is 41.9 Å². The van der Waals surface area contributed by atoms with Crippen LogP contribution in [0.1, 0.15) is 17.7 Å². The van der Waals surface area contributed by atoms with Gasteiger partial charge in [0.2, 0.25) is 11.8 Å². The first-order valence-electron chi connectivity index (χ1n) is 10.2. The summed E-state index contributed by atoms with van der Waals surface area (Å²) in [4.78, 5) is 26.2. The largest absolute Gasteiger partial charge is 0.340 e. The van der Waals surface area contributed by atoms with E-state index >= 15 is 0 Å². The number of fused-ring (bicyclic) bond motifs is 2. The van der Waals surface area contributed by atoms with E-state index in [1.54, 1.807) is 18.2 Å². The van der Waals surface area contributed by atoms with E-state index in [1.165, 1.54) is 18.2 Å². The molecule has 3 aromatic rings. The molecule has 4 rings (SSSR count). The van der Waals surface area contributed by atoms with Crippen LogP contribution in [-0.2, 0) is 22.6 Å². The molecule has 160 valence electrons. The fourth-order valence-corrected chi connectivity index (χ4v) is 3.75. The summed E-state index contributed by atoms with van der Waals surface area (Å²) in [5.41, 5.74) is 4.17. The second kappa shape index (κ2) is 8.73. The number of likely N-dealkylation sites (N-methyl/N-ethyl adjacent to an activating group) is 1. The van der Waals surface area contributed by atoms with Gasteiger partial charge in [-0.15, -0.1) is 0 Å². The predicted molar refractivity (Wildman–Crippen MR) is 122 cm³/mol. The number of carbonyl (C=O) groups is 2. The molecule has 2 amide bonds. The first kappa shape index (κ1) is 20.8. The Kier molecular flexibility index (Phi) is 5.86. The summed E-state index contributed by atoms with van der Waals surface area (Å²) < 4.78 is 15.7. The zero-order valence-electron chi connectivity index (χ0n) is 17.6. The molecule has 0 saturated carbocycles. The number of amides is 2. The molecule has 0 radical (unpaired) electrons. The van der Waals surface area contributed by atoms with E-state index in [0.29, 0.717) is 25.1 Å². The third kappa shape index (κ3) is 4.83. The van der Waals surface area contributed by atoms with Crippen LogP contribution < -0.4 is 10.6 Å². The van der Waals surface area contributed by atoms with Gasteiger partial charge in [0.25, 0.3) is 0 Å². The van der Waals surface area contributed by atoms with E-state index in [9.17, 15) is 14.0 Å². The number of aryl methyl sites for hydroxylation is 1. The van der Waals surface area contributed by atoms with Gasteiger partial charge >= 0.3 is 0 Å². The van der Waals surface area contributed by atoms with Gasteiger partial charge in [0, 0.05) is 53.6 Å². The summed E-state index contributed by atoms with van der Waals surface area (Å²) in [5.74, 6) is -0.583. The maximum Gasteiger partial charge on any atom is 0.248 e. The zero-order chi connectivity index (χ0) is 22.0. The third-order valence-corrected chi connectivity index (χ3v) is 5.34. The monoisotopic (exact) mass is 420 g/mol. The minimum Gasteiger partial charge on any atom is -0.340 e. The average Bonchev–Trinajstić information content (AvgIpc) is 3.06. The average molecular weight is 420 g/mol. The Morgan fingerprint density at radius 3 is 2.84 bits per heavy atom. The lowest BCUT2D eigenvalue weighted by Gasteiger charge is -2.17. The van der Waals surface area contributed by atoms with Gasteiger partial charge in [-0.05, 0) is 68.6 Å². The highest BCUT2D eigenvalue weighted by Crippen LogP contribution is 2.26. The van der Waals surface area contributed by atoms with Gasteiger partial charge in [-0.3, -0.25) is 9.59 Å². The molecule has 0 fully saturated rings. The minimum atomic E-state index is -0.287. The highest BCUT2D eigenvalue weighted by Gasteiger charge is 2.15. The number of benzene rings is 2. The Bertz CT molecular complexity index is 1180. The lowest BCUT2D eigenvalue weighted by atomic mass is 10.0. The molecule has 1 aliphatic heterocycles. The Labute approximate surface area is 180 Å². The van der Waals surface area contributed by atoms with Gasteiger partial charge in [-0.1, -0.05) is 6.07 Å². The lowest BCUT2D eigenvalue weighted by molar-refractivity contribution is -0.116. The van der Waals surface area contributed by atoms with E-state index in [-0.39, 0.29) is 17.6 Å². The first-order valence-corrected chi connectivity index (χ1v) is 10.2. The van der Waals surface area contributed by atoms with E-state index in [0.717, 1.165) is 34.4 Å². The van der Waals surface area contributed by atoms with Gasteiger partial charge in [-0.25, -0.2) is 4.39 Å². The number of anilines is 2. The van der Waals surface area contributed by atoms with Crippen LogP contribution in [0, 0.1) is 5.82 Å². The summed E-state index contributed by atoms with van der Waals surface area (Å²) in [6.07, 6.45) is 4.39. The summed E-state index contributed by atoms with van der Waals surface area (Å²) in [7, 11) is 3.99. The third-order valence-electron chi connectivity index (χ3n) is 5.34. The molecule has 2 aromatic carbocycles. The van der Waals surface area contributed by atoms with Gasteiger partial charge in [-0.2, -0.15) is 0 Å². The van der Waals surface area contributed by atoms with Crippen molar-refractivity contribution >= 4 is 40.2 Å². The predicted octanol–water partition coefficient (Wildman–Crippen LogP) is 3.88.